The number of carbonyl (C=O) groups is 1. The fraction of sp³-hybridized carbons (Fsp3) is 0.556. The van der Waals surface area contributed by atoms with E-state index in [2.05, 4.69) is 46.1 Å². The number of nitrogens with zero attached hydrogens (tertiary/aromatic N) is 5. The summed E-state index contributed by atoms with van der Waals surface area (Å²) in [7, 11) is 0. The number of anilines is 2. The van der Waals surface area contributed by atoms with Crippen LogP contribution in [0, 0.1) is 11.8 Å². The molecule has 0 spiro atoms. The van der Waals surface area contributed by atoms with Gasteiger partial charge in [0.15, 0.2) is 0 Å². The predicted molar refractivity (Wildman–Crippen MR) is 97.4 cm³/mol. The van der Waals surface area contributed by atoms with Gasteiger partial charge >= 0.3 is 0 Å². The summed E-state index contributed by atoms with van der Waals surface area (Å²) in [6, 6.07) is 3.91. The van der Waals surface area contributed by atoms with Gasteiger partial charge in [0.1, 0.15) is 5.82 Å². The van der Waals surface area contributed by atoms with Crippen LogP contribution in [-0.4, -0.2) is 38.7 Å². The van der Waals surface area contributed by atoms with Crippen LogP contribution < -0.4 is 10.2 Å². The molecule has 1 saturated heterocycles. The average molecular weight is 342 g/mol. The van der Waals surface area contributed by atoms with E-state index in [-0.39, 0.29) is 17.9 Å². The van der Waals surface area contributed by atoms with Gasteiger partial charge in [-0.1, -0.05) is 13.8 Å². The summed E-state index contributed by atoms with van der Waals surface area (Å²) in [6.45, 7) is 8.01. The molecule has 2 aromatic rings. The van der Waals surface area contributed by atoms with Crippen molar-refractivity contribution in [2.24, 2.45) is 11.8 Å². The minimum absolute atomic E-state index is 0.0117. The molecule has 1 amide bonds. The summed E-state index contributed by atoms with van der Waals surface area (Å²) in [4.78, 5) is 23.4. The molecule has 0 unspecified atom stereocenters. The number of piperidine rings is 1. The van der Waals surface area contributed by atoms with E-state index in [1.54, 1.807) is 18.6 Å². The van der Waals surface area contributed by atoms with Gasteiger partial charge in [-0.15, -0.1) is 0 Å². The summed E-state index contributed by atoms with van der Waals surface area (Å²) < 4.78 is 1.90. The molecule has 2 aromatic heterocycles. The number of nitrogens with one attached hydrogen (secondary N) is 1. The number of aromatic nitrogens is 4. The lowest BCUT2D eigenvalue weighted by Gasteiger charge is -2.31. The topological polar surface area (TPSA) is 75.9 Å². The van der Waals surface area contributed by atoms with E-state index in [1.165, 1.54) is 0 Å². The van der Waals surface area contributed by atoms with E-state index in [1.807, 2.05) is 16.8 Å². The van der Waals surface area contributed by atoms with E-state index in [4.69, 9.17) is 0 Å². The van der Waals surface area contributed by atoms with Gasteiger partial charge < -0.3 is 10.2 Å². The quantitative estimate of drug-likeness (QED) is 0.904. The molecule has 0 saturated carbocycles. The SMILES string of the molecule is CC(C)[C@@H](C)n1nccc1NC(=O)C1CCN(c2ncccn2)CC1. The minimum atomic E-state index is 0.0117. The lowest BCUT2D eigenvalue weighted by Crippen LogP contribution is -2.39. The number of hydrogen-bond donors (Lipinski definition) is 1. The van der Waals surface area contributed by atoms with Crippen molar-refractivity contribution < 1.29 is 4.79 Å². The van der Waals surface area contributed by atoms with Gasteiger partial charge in [-0.05, 0) is 31.7 Å². The molecule has 3 rings (SSSR count). The zero-order chi connectivity index (χ0) is 17.8. The second-order valence-electron chi connectivity index (χ2n) is 6.95. The first-order chi connectivity index (χ1) is 12.1. The highest BCUT2D eigenvalue weighted by Gasteiger charge is 2.27. The molecule has 1 aliphatic rings. The number of rotatable bonds is 5. The van der Waals surface area contributed by atoms with Crippen LogP contribution in [0.4, 0.5) is 11.8 Å². The monoisotopic (exact) mass is 342 g/mol. The zero-order valence-electron chi connectivity index (χ0n) is 15.1. The van der Waals surface area contributed by atoms with Crippen LogP contribution in [0.5, 0.6) is 0 Å². The molecule has 0 radical (unpaired) electrons. The second kappa shape index (κ2) is 7.63. The van der Waals surface area contributed by atoms with Gasteiger partial charge in [0.05, 0.1) is 12.2 Å². The molecular formula is C18H26N6O. The molecule has 134 valence electrons. The van der Waals surface area contributed by atoms with Crippen molar-refractivity contribution in [3.05, 3.63) is 30.7 Å². The number of carbonyl (C=O) groups excluding carboxylic acids is 1. The number of amides is 1. The maximum absolute atomic E-state index is 12.7. The summed E-state index contributed by atoms with van der Waals surface area (Å²) in [5, 5.41) is 7.43. The standard InChI is InChI=1S/C18H26N6O/c1-13(2)14(3)24-16(5-10-21-24)22-17(25)15-6-11-23(12-7-15)18-19-8-4-9-20-18/h4-5,8-10,13-15H,6-7,11-12H2,1-3H3,(H,22,25)/t14-/m1/s1. The Hall–Kier alpha value is -2.44. The van der Waals surface area contributed by atoms with Crippen LogP contribution in [0.15, 0.2) is 30.7 Å². The maximum atomic E-state index is 12.7. The minimum Gasteiger partial charge on any atom is -0.341 e. The van der Waals surface area contributed by atoms with Crippen molar-refractivity contribution in [3.63, 3.8) is 0 Å². The first-order valence-corrected chi connectivity index (χ1v) is 8.92. The Kier molecular flexibility index (Phi) is 5.31. The van der Waals surface area contributed by atoms with Crippen LogP contribution >= 0.6 is 0 Å². The fourth-order valence-electron chi connectivity index (χ4n) is 3.04. The third kappa shape index (κ3) is 3.97. The van der Waals surface area contributed by atoms with Gasteiger partial charge in [-0.2, -0.15) is 5.10 Å². The van der Waals surface area contributed by atoms with Crippen molar-refractivity contribution in [1.82, 2.24) is 19.7 Å². The number of hydrogen-bond acceptors (Lipinski definition) is 5. The van der Waals surface area contributed by atoms with Crippen LogP contribution in [0.2, 0.25) is 0 Å². The lowest BCUT2D eigenvalue weighted by molar-refractivity contribution is -0.120. The van der Waals surface area contributed by atoms with Crippen molar-refractivity contribution in [3.8, 4) is 0 Å². The lowest BCUT2D eigenvalue weighted by atomic mass is 9.96. The Morgan fingerprint density at radius 1 is 1.16 bits per heavy atom. The van der Waals surface area contributed by atoms with Gasteiger partial charge in [0.2, 0.25) is 11.9 Å². The highest BCUT2D eigenvalue weighted by atomic mass is 16.2. The molecule has 1 aliphatic heterocycles. The normalized spacial score (nSPS) is 16.9. The molecule has 1 atom stereocenters. The smallest absolute Gasteiger partial charge is 0.228 e. The van der Waals surface area contributed by atoms with Gasteiger partial charge in [-0.25, -0.2) is 14.6 Å². The molecule has 0 aliphatic carbocycles. The third-order valence-corrected chi connectivity index (χ3v) is 4.97. The van der Waals surface area contributed by atoms with Crippen molar-refractivity contribution in [2.45, 2.75) is 39.7 Å². The second-order valence-corrected chi connectivity index (χ2v) is 6.95. The summed E-state index contributed by atoms with van der Waals surface area (Å²) in [6.07, 6.45) is 6.84. The first kappa shape index (κ1) is 17.4. The molecule has 1 fully saturated rings. The highest BCUT2D eigenvalue weighted by Crippen LogP contribution is 2.24. The molecule has 1 N–H and O–H groups in total. The largest absolute Gasteiger partial charge is 0.341 e. The average Bonchev–Trinajstić information content (AvgIpc) is 3.09. The van der Waals surface area contributed by atoms with Gasteiger partial charge in [0, 0.05) is 37.5 Å². The molecule has 3 heterocycles. The third-order valence-electron chi connectivity index (χ3n) is 4.97. The van der Waals surface area contributed by atoms with Gasteiger partial charge in [-0.3, -0.25) is 4.79 Å². The molecule has 25 heavy (non-hydrogen) atoms. The van der Waals surface area contributed by atoms with Crippen LogP contribution in [-0.2, 0) is 4.79 Å². The Morgan fingerprint density at radius 2 is 1.84 bits per heavy atom. The maximum Gasteiger partial charge on any atom is 0.228 e. The first-order valence-electron chi connectivity index (χ1n) is 8.92. The molecule has 0 aromatic carbocycles. The van der Waals surface area contributed by atoms with Crippen LogP contribution in [0.25, 0.3) is 0 Å². The highest BCUT2D eigenvalue weighted by molar-refractivity contribution is 5.91. The molecule has 7 heteroatoms. The Balaban J connectivity index is 1.58. The van der Waals surface area contributed by atoms with E-state index in [0.717, 1.165) is 37.7 Å². The van der Waals surface area contributed by atoms with E-state index < -0.39 is 0 Å². The Labute approximate surface area is 148 Å². The van der Waals surface area contributed by atoms with E-state index >= 15 is 0 Å². The molecule has 0 bridgehead atoms. The Morgan fingerprint density at radius 3 is 2.48 bits per heavy atom. The van der Waals surface area contributed by atoms with Crippen molar-refractivity contribution in [2.75, 3.05) is 23.3 Å². The van der Waals surface area contributed by atoms with Crippen molar-refractivity contribution in [1.29, 1.82) is 0 Å². The molecule has 7 nitrogen and oxygen atoms in total. The summed E-state index contributed by atoms with van der Waals surface area (Å²) in [5.41, 5.74) is 0. The van der Waals surface area contributed by atoms with E-state index in [0.29, 0.717) is 5.92 Å². The predicted octanol–water partition coefficient (Wildman–Crippen LogP) is 2.75. The van der Waals surface area contributed by atoms with Gasteiger partial charge in [0.25, 0.3) is 0 Å². The van der Waals surface area contributed by atoms with Crippen LogP contribution in [0.1, 0.15) is 39.7 Å². The van der Waals surface area contributed by atoms with E-state index in [9.17, 15) is 4.79 Å². The fourth-order valence-corrected chi connectivity index (χ4v) is 3.04. The van der Waals surface area contributed by atoms with Crippen molar-refractivity contribution >= 4 is 17.7 Å². The zero-order valence-corrected chi connectivity index (χ0v) is 15.1. The Bertz CT molecular complexity index is 691. The molecular weight excluding hydrogens is 316 g/mol. The summed E-state index contributed by atoms with van der Waals surface area (Å²) in [5.74, 6) is 2.05. The summed E-state index contributed by atoms with van der Waals surface area (Å²) >= 11 is 0. The van der Waals surface area contributed by atoms with Crippen LogP contribution in [0.3, 0.4) is 0 Å².